The van der Waals surface area contributed by atoms with Gasteiger partial charge in [0.2, 0.25) is 17.8 Å². The molecule has 2 aromatic heterocycles. The van der Waals surface area contributed by atoms with E-state index in [2.05, 4.69) is 42.9 Å². The highest BCUT2D eigenvalue weighted by Gasteiger charge is 2.17. The minimum atomic E-state index is -0.440. The van der Waals surface area contributed by atoms with Crippen LogP contribution in [-0.2, 0) is 4.74 Å². The number of nitro benzene ring substituents is 1. The largest absolute Gasteiger partial charge is 0.455 e. The first kappa shape index (κ1) is 24.9. The molecular formula is C28H24N8O4. The summed E-state index contributed by atoms with van der Waals surface area (Å²) in [5.41, 5.74) is 4.46. The number of nitrogens with zero attached hydrogens (tertiary/aromatic N) is 6. The molecule has 3 heterocycles. The number of benzene rings is 3. The van der Waals surface area contributed by atoms with Gasteiger partial charge < -0.3 is 19.4 Å². The van der Waals surface area contributed by atoms with E-state index in [0.717, 1.165) is 22.0 Å². The van der Waals surface area contributed by atoms with Gasteiger partial charge in [0, 0.05) is 36.5 Å². The molecule has 0 unspecified atom stereocenters. The second-order valence-electron chi connectivity index (χ2n) is 8.94. The Morgan fingerprint density at radius 1 is 0.900 bits per heavy atom. The van der Waals surface area contributed by atoms with Crippen molar-refractivity contribution in [2.75, 3.05) is 41.9 Å². The molecule has 3 aromatic carbocycles. The third-order valence-electron chi connectivity index (χ3n) is 6.27. The van der Waals surface area contributed by atoms with Crippen LogP contribution in [0.2, 0.25) is 0 Å². The molecule has 0 aliphatic carbocycles. The van der Waals surface area contributed by atoms with E-state index in [4.69, 9.17) is 9.15 Å². The molecule has 1 aliphatic heterocycles. The lowest BCUT2D eigenvalue weighted by Crippen LogP contribution is -2.37. The van der Waals surface area contributed by atoms with Gasteiger partial charge in [0.15, 0.2) is 0 Å². The molecular weight excluding hydrogens is 512 g/mol. The Morgan fingerprint density at radius 3 is 2.48 bits per heavy atom. The first-order valence-electron chi connectivity index (χ1n) is 12.6. The smallest absolute Gasteiger partial charge is 0.269 e. The number of hydrogen-bond donors (Lipinski definition) is 2. The van der Waals surface area contributed by atoms with Crippen molar-refractivity contribution in [3.8, 4) is 11.3 Å². The number of hydrogen-bond acceptors (Lipinski definition) is 11. The van der Waals surface area contributed by atoms with E-state index in [0.29, 0.717) is 49.7 Å². The van der Waals surface area contributed by atoms with Crippen molar-refractivity contribution in [2.45, 2.75) is 0 Å². The average Bonchev–Trinajstić information content (AvgIpc) is 3.46. The van der Waals surface area contributed by atoms with E-state index in [-0.39, 0.29) is 11.6 Å². The summed E-state index contributed by atoms with van der Waals surface area (Å²) in [6, 6.07) is 23.8. The zero-order valence-electron chi connectivity index (χ0n) is 21.2. The first-order chi connectivity index (χ1) is 19.6. The van der Waals surface area contributed by atoms with E-state index in [9.17, 15) is 10.1 Å². The molecule has 0 bridgehead atoms. The van der Waals surface area contributed by atoms with Gasteiger partial charge >= 0.3 is 0 Å². The molecule has 12 heteroatoms. The van der Waals surface area contributed by atoms with Crippen LogP contribution in [0.15, 0.2) is 88.4 Å². The number of fused-ring (bicyclic) bond motifs is 1. The van der Waals surface area contributed by atoms with Gasteiger partial charge in [0.25, 0.3) is 5.69 Å². The topological polar surface area (TPSA) is 144 Å². The molecule has 1 fully saturated rings. The molecule has 0 spiro atoms. The zero-order chi connectivity index (χ0) is 27.3. The number of morpholine rings is 1. The van der Waals surface area contributed by atoms with Crippen LogP contribution in [-0.4, -0.2) is 52.4 Å². The van der Waals surface area contributed by atoms with Crippen molar-refractivity contribution in [1.29, 1.82) is 0 Å². The fourth-order valence-electron chi connectivity index (χ4n) is 4.25. The maximum absolute atomic E-state index is 10.9. The Morgan fingerprint density at radius 2 is 1.68 bits per heavy atom. The molecule has 6 rings (SSSR count). The van der Waals surface area contributed by atoms with Gasteiger partial charge in [0.05, 0.1) is 24.4 Å². The second kappa shape index (κ2) is 11.2. The fourth-order valence-corrected chi connectivity index (χ4v) is 4.25. The van der Waals surface area contributed by atoms with Gasteiger partial charge in [-0.25, -0.2) is 5.43 Å². The summed E-state index contributed by atoms with van der Waals surface area (Å²) < 4.78 is 11.3. The minimum absolute atomic E-state index is 0.0181. The third kappa shape index (κ3) is 5.71. The molecule has 1 aliphatic rings. The van der Waals surface area contributed by atoms with Crippen molar-refractivity contribution in [2.24, 2.45) is 5.10 Å². The number of nitrogens with one attached hydrogen (secondary N) is 2. The molecule has 2 N–H and O–H groups in total. The SMILES string of the molecule is O=[N+]([O-])c1ccc(-c2ccc(/C=N/Nc3nc(Nc4ccc5ccccc5c4)nc(N4CCOCC4)n3)o2)cc1. The predicted molar refractivity (Wildman–Crippen MR) is 152 cm³/mol. The highest BCUT2D eigenvalue weighted by Crippen LogP contribution is 2.25. The Labute approximate surface area is 228 Å². The van der Waals surface area contributed by atoms with E-state index in [1.807, 2.05) is 35.2 Å². The summed E-state index contributed by atoms with van der Waals surface area (Å²) in [5.74, 6) is 2.20. The normalized spacial score (nSPS) is 13.6. The molecule has 0 saturated carbocycles. The molecule has 5 aromatic rings. The van der Waals surface area contributed by atoms with Gasteiger partial charge in [-0.1, -0.05) is 30.3 Å². The van der Waals surface area contributed by atoms with Crippen molar-refractivity contribution in [1.82, 2.24) is 15.0 Å². The van der Waals surface area contributed by atoms with Crippen LogP contribution < -0.4 is 15.6 Å². The molecule has 0 amide bonds. The van der Waals surface area contributed by atoms with E-state index >= 15 is 0 Å². The molecule has 1 saturated heterocycles. The van der Waals surface area contributed by atoms with Crippen LogP contribution in [0.5, 0.6) is 0 Å². The third-order valence-corrected chi connectivity index (χ3v) is 6.27. The molecule has 40 heavy (non-hydrogen) atoms. The number of anilines is 4. The van der Waals surface area contributed by atoms with E-state index in [1.54, 1.807) is 24.3 Å². The zero-order valence-corrected chi connectivity index (χ0v) is 21.2. The number of hydrazone groups is 1. The highest BCUT2D eigenvalue weighted by molar-refractivity contribution is 5.86. The van der Waals surface area contributed by atoms with Gasteiger partial charge in [-0.05, 0) is 47.2 Å². The van der Waals surface area contributed by atoms with Crippen LogP contribution in [0.4, 0.5) is 29.2 Å². The number of furan rings is 1. The quantitative estimate of drug-likeness (QED) is 0.154. The van der Waals surface area contributed by atoms with E-state index < -0.39 is 4.92 Å². The molecule has 0 radical (unpaired) electrons. The summed E-state index contributed by atoms with van der Waals surface area (Å²) in [6.45, 7) is 2.52. The second-order valence-corrected chi connectivity index (χ2v) is 8.94. The summed E-state index contributed by atoms with van der Waals surface area (Å²) in [7, 11) is 0. The van der Waals surface area contributed by atoms with Crippen molar-refractivity contribution < 1.29 is 14.1 Å². The van der Waals surface area contributed by atoms with Crippen LogP contribution in [0.25, 0.3) is 22.1 Å². The number of rotatable bonds is 8. The number of aromatic nitrogens is 3. The molecule has 200 valence electrons. The maximum atomic E-state index is 10.9. The highest BCUT2D eigenvalue weighted by atomic mass is 16.6. The number of nitro groups is 1. The number of non-ortho nitro benzene ring substituents is 1. The average molecular weight is 537 g/mol. The van der Waals surface area contributed by atoms with Gasteiger partial charge in [-0.15, -0.1) is 0 Å². The lowest BCUT2D eigenvalue weighted by atomic mass is 10.1. The van der Waals surface area contributed by atoms with Crippen LogP contribution in [0, 0.1) is 10.1 Å². The molecule has 0 atom stereocenters. The van der Waals surface area contributed by atoms with Crippen molar-refractivity contribution in [3.63, 3.8) is 0 Å². The van der Waals surface area contributed by atoms with Gasteiger partial charge in [-0.2, -0.15) is 20.1 Å². The predicted octanol–water partition coefficient (Wildman–Crippen LogP) is 5.22. The van der Waals surface area contributed by atoms with Crippen LogP contribution in [0.1, 0.15) is 5.76 Å². The first-order valence-corrected chi connectivity index (χ1v) is 12.6. The molecule has 12 nitrogen and oxygen atoms in total. The minimum Gasteiger partial charge on any atom is -0.455 e. The Balaban J connectivity index is 1.21. The Hall–Kier alpha value is -5.36. The Bertz CT molecular complexity index is 1680. The summed E-state index contributed by atoms with van der Waals surface area (Å²) in [6.07, 6.45) is 1.50. The maximum Gasteiger partial charge on any atom is 0.269 e. The summed E-state index contributed by atoms with van der Waals surface area (Å²) in [5, 5.41) is 20.7. The van der Waals surface area contributed by atoms with E-state index in [1.165, 1.54) is 18.3 Å². The van der Waals surface area contributed by atoms with Crippen LogP contribution >= 0.6 is 0 Å². The monoisotopic (exact) mass is 536 g/mol. The lowest BCUT2D eigenvalue weighted by molar-refractivity contribution is -0.384. The van der Waals surface area contributed by atoms with Gasteiger partial charge in [-0.3, -0.25) is 10.1 Å². The Kier molecular flexibility index (Phi) is 6.97. The van der Waals surface area contributed by atoms with Crippen molar-refractivity contribution in [3.05, 3.63) is 94.7 Å². The fraction of sp³-hybridized carbons (Fsp3) is 0.143. The van der Waals surface area contributed by atoms with Crippen molar-refractivity contribution >= 4 is 46.2 Å². The summed E-state index contributed by atoms with van der Waals surface area (Å²) >= 11 is 0. The summed E-state index contributed by atoms with van der Waals surface area (Å²) in [4.78, 5) is 26.2. The van der Waals surface area contributed by atoms with Crippen LogP contribution in [0.3, 0.4) is 0 Å². The lowest BCUT2D eigenvalue weighted by Gasteiger charge is -2.27. The van der Waals surface area contributed by atoms with Gasteiger partial charge in [0.1, 0.15) is 11.5 Å². The standard InChI is InChI=1S/C28H24N8O4/c37-36(38)23-9-6-20(7-10-23)25-12-11-24(40-25)18-29-34-27-31-26(32-28(33-27)35-13-15-39-16-14-35)30-22-8-5-19-3-1-2-4-21(19)17-22/h1-12,17-18H,13-16H2,(H2,30,31,32,33,34)/b29-18+. The number of ether oxygens (including phenoxy) is 1.